The van der Waals surface area contributed by atoms with Crippen molar-refractivity contribution in [1.29, 1.82) is 0 Å². The molecule has 102 valence electrons. The molecular weight excluding hydrogens is 262 g/mol. The van der Waals surface area contributed by atoms with Crippen LogP contribution in [0.1, 0.15) is 37.0 Å². The van der Waals surface area contributed by atoms with Crippen molar-refractivity contribution in [2.45, 2.75) is 32.3 Å². The summed E-state index contributed by atoms with van der Waals surface area (Å²) < 4.78 is 7.09. The highest BCUT2D eigenvalue weighted by molar-refractivity contribution is 6.16. The number of nitrogens with zero attached hydrogens (tertiary/aromatic N) is 3. The Labute approximate surface area is 118 Å². The van der Waals surface area contributed by atoms with Gasteiger partial charge in [0, 0.05) is 12.8 Å². The minimum absolute atomic E-state index is 0.322. The molecule has 0 aliphatic carbocycles. The molecule has 0 bridgehead atoms. The number of aromatic nitrogens is 3. The minimum atomic E-state index is 0.322. The molecule has 0 aliphatic rings. The third-order valence-electron chi connectivity index (χ3n) is 3.01. The molecule has 5 heteroatoms. The van der Waals surface area contributed by atoms with Gasteiger partial charge in [-0.2, -0.15) is 0 Å². The van der Waals surface area contributed by atoms with Crippen molar-refractivity contribution < 1.29 is 4.74 Å². The average molecular weight is 280 g/mol. The van der Waals surface area contributed by atoms with E-state index in [0.717, 1.165) is 17.3 Å². The van der Waals surface area contributed by atoms with E-state index in [1.165, 1.54) is 5.56 Å². The first-order valence-corrected chi connectivity index (χ1v) is 6.79. The predicted molar refractivity (Wildman–Crippen MR) is 75.7 cm³/mol. The number of alkyl halides is 1. The van der Waals surface area contributed by atoms with Crippen molar-refractivity contribution in [3.63, 3.8) is 0 Å². The van der Waals surface area contributed by atoms with Crippen LogP contribution in [0.5, 0.6) is 0 Å². The molecule has 2 rings (SSSR count). The van der Waals surface area contributed by atoms with Crippen LogP contribution in [0, 0.1) is 0 Å². The predicted octanol–water partition coefficient (Wildman–Crippen LogP) is 3.28. The lowest BCUT2D eigenvalue weighted by molar-refractivity contribution is 0.176. The molecule has 0 saturated heterocycles. The quantitative estimate of drug-likeness (QED) is 0.789. The monoisotopic (exact) mass is 279 g/mol. The van der Waals surface area contributed by atoms with Gasteiger partial charge in [-0.25, -0.2) is 0 Å². The molecule has 0 atom stereocenters. The molecule has 0 N–H and O–H groups in total. The fourth-order valence-electron chi connectivity index (χ4n) is 1.97. The number of halogens is 1. The van der Waals surface area contributed by atoms with Crippen LogP contribution in [0.15, 0.2) is 24.3 Å². The molecule has 0 spiro atoms. The molecular formula is C14H18ClN3O. The summed E-state index contributed by atoms with van der Waals surface area (Å²) in [5.74, 6) is 2.32. The second kappa shape index (κ2) is 6.17. The highest BCUT2D eigenvalue weighted by Gasteiger charge is 2.13. The lowest BCUT2D eigenvalue weighted by atomic mass is 10.0. The number of rotatable bonds is 5. The maximum atomic E-state index is 5.91. The summed E-state index contributed by atoms with van der Waals surface area (Å²) in [6, 6.07) is 8.37. The van der Waals surface area contributed by atoms with Crippen molar-refractivity contribution in [3.05, 3.63) is 41.5 Å². The van der Waals surface area contributed by atoms with Crippen LogP contribution in [0.3, 0.4) is 0 Å². The maximum absolute atomic E-state index is 5.91. The van der Waals surface area contributed by atoms with Gasteiger partial charge in [0.05, 0.1) is 5.88 Å². The van der Waals surface area contributed by atoms with Crippen LogP contribution in [0.25, 0.3) is 5.69 Å². The molecule has 0 fully saturated rings. The van der Waals surface area contributed by atoms with Gasteiger partial charge in [-0.1, -0.05) is 26.0 Å². The summed E-state index contributed by atoms with van der Waals surface area (Å²) in [6.07, 6.45) is 0. The number of hydrogen-bond acceptors (Lipinski definition) is 3. The van der Waals surface area contributed by atoms with E-state index >= 15 is 0 Å². The Hall–Kier alpha value is -1.39. The fraction of sp³-hybridized carbons (Fsp3) is 0.429. The standard InChI is InChI=1S/C14H18ClN3O/c1-10(2)11-4-6-12(7-5-11)18-13(8-15)16-17-14(18)9-19-3/h4-7,10H,8-9H2,1-3H3. The van der Waals surface area contributed by atoms with Crippen molar-refractivity contribution >= 4 is 11.6 Å². The van der Waals surface area contributed by atoms with E-state index in [1.807, 2.05) is 4.57 Å². The van der Waals surface area contributed by atoms with Gasteiger partial charge in [0.2, 0.25) is 0 Å². The molecule has 1 heterocycles. The second-order valence-corrected chi connectivity index (χ2v) is 4.95. The summed E-state index contributed by atoms with van der Waals surface area (Å²) in [5, 5.41) is 8.20. The minimum Gasteiger partial charge on any atom is -0.377 e. The van der Waals surface area contributed by atoms with Crippen LogP contribution >= 0.6 is 11.6 Å². The van der Waals surface area contributed by atoms with Gasteiger partial charge in [0.1, 0.15) is 6.61 Å². The Morgan fingerprint density at radius 3 is 2.32 bits per heavy atom. The molecule has 2 aromatic rings. The fourth-order valence-corrected chi connectivity index (χ4v) is 2.14. The topological polar surface area (TPSA) is 39.9 Å². The summed E-state index contributed by atoms with van der Waals surface area (Å²) in [5.41, 5.74) is 2.31. The molecule has 4 nitrogen and oxygen atoms in total. The first-order chi connectivity index (χ1) is 9.17. The van der Waals surface area contributed by atoms with Gasteiger partial charge in [-0.05, 0) is 23.6 Å². The lowest BCUT2D eigenvalue weighted by Gasteiger charge is -2.11. The van der Waals surface area contributed by atoms with Crippen LogP contribution in [-0.2, 0) is 17.2 Å². The smallest absolute Gasteiger partial charge is 0.163 e. The Bertz CT molecular complexity index is 534. The third kappa shape index (κ3) is 2.96. The second-order valence-electron chi connectivity index (χ2n) is 4.68. The number of hydrogen-bond donors (Lipinski definition) is 0. The van der Waals surface area contributed by atoms with Crippen molar-refractivity contribution in [2.24, 2.45) is 0 Å². The summed E-state index contributed by atoms with van der Waals surface area (Å²) in [4.78, 5) is 0. The van der Waals surface area contributed by atoms with E-state index in [4.69, 9.17) is 16.3 Å². The van der Waals surface area contributed by atoms with E-state index in [1.54, 1.807) is 7.11 Å². The van der Waals surface area contributed by atoms with Crippen LogP contribution in [0.2, 0.25) is 0 Å². The molecule has 1 aromatic carbocycles. The number of benzene rings is 1. The van der Waals surface area contributed by atoms with Gasteiger partial charge in [0.25, 0.3) is 0 Å². The molecule has 19 heavy (non-hydrogen) atoms. The van der Waals surface area contributed by atoms with E-state index in [9.17, 15) is 0 Å². The summed E-state index contributed by atoms with van der Waals surface area (Å²) in [7, 11) is 1.64. The highest BCUT2D eigenvalue weighted by atomic mass is 35.5. The number of methoxy groups -OCH3 is 1. The largest absolute Gasteiger partial charge is 0.377 e. The third-order valence-corrected chi connectivity index (χ3v) is 3.25. The normalized spacial score (nSPS) is 11.2. The molecule has 0 amide bonds. The van der Waals surface area contributed by atoms with Gasteiger partial charge >= 0.3 is 0 Å². The Morgan fingerprint density at radius 1 is 1.16 bits per heavy atom. The Kier molecular flexibility index (Phi) is 4.56. The van der Waals surface area contributed by atoms with Crippen molar-refractivity contribution in [1.82, 2.24) is 14.8 Å². The van der Waals surface area contributed by atoms with Gasteiger partial charge in [-0.15, -0.1) is 21.8 Å². The van der Waals surface area contributed by atoms with Gasteiger partial charge in [-0.3, -0.25) is 4.57 Å². The van der Waals surface area contributed by atoms with E-state index in [-0.39, 0.29) is 0 Å². The van der Waals surface area contributed by atoms with Crippen LogP contribution in [0.4, 0.5) is 0 Å². The maximum Gasteiger partial charge on any atom is 0.163 e. The Balaban J connectivity index is 2.41. The van der Waals surface area contributed by atoms with E-state index in [2.05, 4.69) is 48.3 Å². The summed E-state index contributed by atoms with van der Waals surface area (Å²) in [6.45, 7) is 4.76. The Morgan fingerprint density at radius 2 is 1.79 bits per heavy atom. The zero-order valence-corrected chi connectivity index (χ0v) is 12.2. The van der Waals surface area contributed by atoms with Gasteiger partial charge in [0.15, 0.2) is 11.6 Å². The highest BCUT2D eigenvalue weighted by Crippen LogP contribution is 2.19. The van der Waals surface area contributed by atoms with Gasteiger partial charge < -0.3 is 4.74 Å². The first kappa shape index (κ1) is 14.0. The zero-order valence-electron chi connectivity index (χ0n) is 11.4. The van der Waals surface area contributed by atoms with E-state index < -0.39 is 0 Å². The molecule has 0 radical (unpaired) electrons. The molecule has 1 aromatic heterocycles. The first-order valence-electron chi connectivity index (χ1n) is 6.25. The zero-order chi connectivity index (χ0) is 13.8. The molecule has 0 unspecified atom stereocenters. The van der Waals surface area contributed by atoms with Crippen molar-refractivity contribution in [3.8, 4) is 5.69 Å². The van der Waals surface area contributed by atoms with E-state index in [0.29, 0.717) is 18.4 Å². The summed E-state index contributed by atoms with van der Waals surface area (Å²) >= 11 is 5.91. The SMILES string of the molecule is COCc1nnc(CCl)n1-c1ccc(C(C)C)cc1. The van der Waals surface area contributed by atoms with Crippen molar-refractivity contribution in [2.75, 3.05) is 7.11 Å². The van der Waals surface area contributed by atoms with Crippen LogP contribution < -0.4 is 0 Å². The molecule has 0 aliphatic heterocycles. The van der Waals surface area contributed by atoms with Crippen LogP contribution in [-0.4, -0.2) is 21.9 Å². The average Bonchev–Trinajstić information content (AvgIpc) is 2.82. The lowest BCUT2D eigenvalue weighted by Crippen LogP contribution is -2.05. The number of ether oxygens (including phenoxy) is 1. The molecule has 0 saturated carbocycles.